The second-order valence-electron chi connectivity index (χ2n) is 11.6. The molecule has 3 heterocycles. The van der Waals surface area contributed by atoms with E-state index in [0.29, 0.717) is 47.4 Å². The third-order valence-electron chi connectivity index (χ3n) is 7.72. The van der Waals surface area contributed by atoms with Gasteiger partial charge in [0, 0.05) is 24.2 Å². The number of carbonyl (C=O) groups is 3. The van der Waals surface area contributed by atoms with Crippen LogP contribution >= 0.6 is 0 Å². The molecule has 0 radical (unpaired) electrons. The largest absolute Gasteiger partial charge is 0.493 e. The molecule has 1 aliphatic rings. The zero-order chi connectivity index (χ0) is 32.8. The Bertz CT molecular complexity index is 1690. The normalized spacial score (nSPS) is 16.5. The van der Waals surface area contributed by atoms with Gasteiger partial charge in [0.2, 0.25) is 5.91 Å². The maximum absolute atomic E-state index is 13.8. The Labute approximate surface area is 267 Å². The Morgan fingerprint density at radius 2 is 1.80 bits per heavy atom. The lowest BCUT2D eigenvalue weighted by Gasteiger charge is -2.26. The summed E-state index contributed by atoms with van der Waals surface area (Å²) < 4.78 is 13.2. The average molecular weight is 629 g/mol. The average Bonchev–Trinajstić information content (AvgIpc) is 3.67. The molecule has 3 amide bonds. The van der Waals surface area contributed by atoms with Gasteiger partial charge in [-0.2, -0.15) is 10.2 Å². The number of rotatable bonds is 4. The molecule has 1 atom stereocenters. The molecule has 4 aromatic rings. The van der Waals surface area contributed by atoms with E-state index in [1.165, 1.54) is 12.0 Å². The number of hydrogen-bond acceptors (Lipinski definition) is 8. The number of benzene rings is 2. The molecule has 0 aliphatic carbocycles. The SMILES string of the molecule is COc1ccc2cc1OCCn1nc(C)nc1[C@H](C(C)C)NC(=O)CN(C(=O)c1cc(-c3ccc(C)cc3)n[nH]1)CCCNC2=O. The fourth-order valence-corrected chi connectivity index (χ4v) is 5.26. The van der Waals surface area contributed by atoms with E-state index in [2.05, 4.69) is 30.9 Å². The summed E-state index contributed by atoms with van der Waals surface area (Å²) in [5.74, 6) is 0.999. The maximum atomic E-state index is 13.8. The van der Waals surface area contributed by atoms with Crippen molar-refractivity contribution in [3.05, 3.63) is 77.0 Å². The van der Waals surface area contributed by atoms with Crippen LogP contribution < -0.4 is 20.1 Å². The molecule has 2 bridgehead atoms. The van der Waals surface area contributed by atoms with E-state index in [4.69, 9.17) is 9.47 Å². The van der Waals surface area contributed by atoms with Crippen molar-refractivity contribution in [2.45, 2.75) is 46.7 Å². The molecule has 242 valence electrons. The van der Waals surface area contributed by atoms with Crippen LogP contribution in [0, 0.1) is 19.8 Å². The number of methoxy groups -OCH3 is 1. The van der Waals surface area contributed by atoms with Gasteiger partial charge in [-0.15, -0.1) is 0 Å². The van der Waals surface area contributed by atoms with Gasteiger partial charge in [-0.05, 0) is 50.5 Å². The van der Waals surface area contributed by atoms with Gasteiger partial charge in [-0.3, -0.25) is 19.5 Å². The topological polar surface area (TPSA) is 156 Å². The van der Waals surface area contributed by atoms with E-state index in [9.17, 15) is 14.4 Å². The van der Waals surface area contributed by atoms with Gasteiger partial charge in [0.1, 0.15) is 23.9 Å². The number of nitrogens with zero attached hydrogens (tertiary/aromatic N) is 5. The lowest BCUT2D eigenvalue weighted by atomic mass is 10.0. The number of hydrogen-bond donors (Lipinski definition) is 3. The summed E-state index contributed by atoms with van der Waals surface area (Å²) in [7, 11) is 1.54. The number of amides is 3. The Balaban J connectivity index is 1.43. The molecule has 1 aliphatic heterocycles. The summed E-state index contributed by atoms with van der Waals surface area (Å²) in [6.07, 6.45) is 0.407. The molecule has 13 nitrogen and oxygen atoms in total. The van der Waals surface area contributed by atoms with Gasteiger partial charge in [0.25, 0.3) is 11.8 Å². The predicted molar refractivity (Wildman–Crippen MR) is 171 cm³/mol. The van der Waals surface area contributed by atoms with Crippen molar-refractivity contribution in [1.82, 2.24) is 40.5 Å². The van der Waals surface area contributed by atoms with Crippen LogP contribution in [0.15, 0.2) is 48.5 Å². The molecular weight excluding hydrogens is 588 g/mol. The number of aromatic amines is 1. The van der Waals surface area contributed by atoms with E-state index < -0.39 is 6.04 Å². The standard InChI is InChI=1S/C33H40N8O5/c1-20(2)30-31-35-22(4)39-41(31)15-16-46-28-17-24(11-12-27(28)45-5)32(43)34-13-6-14-40(19-29(42)36-30)33(44)26-18-25(37-38-26)23-9-7-21(3)8-10-23/h7-12,17-18,20,30H,6,13-16,19H2,1-5H3,(H,34,43)(H,36,42)(H,37,38)/t30-/m0/s1. The molecule has 0 spiro atoms. The number of H-pyrrole nitrogens is 1. The second-order valence-corrected chi connectivity index (χ2v) is 11.6. The van der Waals surface area contributed by atoms with E-state index in [1.807, 2.05) is 45.0 Å². The lowest BCUT2D eigenvalue weighted by Crippen LogP contribution is -2.44. The van der Waals surface area contributed by atoms with Crippen molar-refractivity contribution in [3.63, 3.8) is 0 Å². The Morgan fingerprint density at radius 3 is 2.54 bits per heavy atom. The highest BCUT2D eigenvalue weighted by atomic mass is 16.5. The van der Waals surface area contributed by atoms with Crippen LogP contribution in [0.5, 0.6) is 11.5 Å². The number of ether oxygens (including phenoxy) is 2. The van der Waals surface area contributed by atoms with E-state index >= 15 is 0 Å². The predicted octanol–water partition coefficient (Wildman–Crippen LogP) is 3.46. The van der Waals surface area contributed by atoms with Crippen LogP contribution in [-0.2, 0) is 11.3 Å². The number of fused-ring (bicyclic) bond motifs is 3. The summed E-state index contributed by atoms with van der Waals surface area (Å²) in [5.41, 5.74) is 3.27. The quantitative estimate of drug-likeness (QED) is 0.310. The van der Waals surface area contributed by atoms with Gasteiger partial charge < -0.3 is 25.0 Å². The Kier molecular flexibility index (Phi) is 9.99. The summed E-state index contributed by atoms with van der Waals surface area (Å²) in [5, 5.41) is 17.7. The monoisotopic (exact) mass is 628 g/mol. The fourth-order valence-electron chi connectivity index (χ4n) is 5.26. The van der Waals surface area contributed by atoms with E-state index in [1.54, 1.807) is 35.9 Å². The Hall–Kier alpha value is -5.20. The van der Waals surface area contributed by atoms with Gasteiger partial charge in [0.05, 0.1) is 31.9 Å². The van der Waals surface area contributed by atoms with E-state index in [0.717, 1.165) is 11.1 Å². The number of aromatic nitrogens is 5. The molecular formula is C33H40N8O5. The first-order chi connectivity index (χ1) is 22.1. The minimum absolute atomic E-state index is 0.0290. The third-order valence-corrected chi connectivity index (χ3v) is 7.72. The molecule has 3 N–H and O–H groups in total. The van der Waals surface area contributed by atoms with Gasteiger partial charge in [-0.25, -0.2) is 9.67 Å². The highest BCUT2D eigenvalue weighted by Gasteiger charge is 2.27. The number of carbonyl (C=O) groups excluding carboxylic acids is 3. The van der Waals surface area contributed by atoms with Crippen LogP contribution in [0.3, 0.4) is 0 Å². The maximum Gasteiger partial charge on any atom is 0.272 e. The smallest absolute Gasteiger partial charge is 0.272 e. The van der Waals surface area contributed by atoms with Crippen molar-refractivity contribution >= 4 is 17.7 Å². The minimum atomic E-state index is -0.470. The van der Waals surface area contributed by atoms with E-state index in [-0.39, 0.29) is 55.6 Å². The first-order valence-corrected chi connectivity index (χ1v) is 15.3. The summed E-state index contributed by atoms with van der Waals surface area (Å²) in [6, 6.07) is 14.0. The van der Waals surface area contributed by atoms with Gasteiger partial charge in [0.15, 0.2) is 11.5 Å². The molecule has 46 heavy (non-hydrogen) atoms. The van der Waals surface area contributed by atoms with Gasteiger partial charge in [-0.1, -0.05) is 43.7 Å². The van der Waals surface area contributed by atoms with Crippen LogP contribution in [0.4, 0.5) is 0 Å². The fraction of sp³-hybridized carbons (Fsp3) is 0.394. The van der Waals surface area contributed by atoms with Crippen molar-refractivity contribution in [2.75, 3.05) is 33.4 Å². The summed E-state index contributed by atoms with van der Waals surface area (Å²) in [4.78, 5) is 46.4. The summed E-state index contributed by atoms with van der Waals surface area (Å²) in [6.45, 7) is 8.60. The van der Waals surface area contributed by atoms with Crippen LogP contribution in [0.25, 0.3) is 11.3 Å². The highest BCUT2D eigenvalue weighted by molar-refractivity contribution is 5.96. The highest BCUT2D eigenvalue weighted by Crippen LogP contribution is 2.28. The first-order valence-electron chi connectivity index (χ1n) is 15.3. The zero-order valence-electron chi connectivity index (χ0n) is 26.8. The van der Waals surface area contributed by atoms with Crippen LogP contribution in [0.1, 0.15) is 64.4 Å². The molecule has 0 saturated heterocycles. The lowest BCUT2D eigenvalue weighted by molar-refractivity contribution is -0.123. The Morgan fingerprint density at radius 1 is 1.04 bits per heavy atom. The molecule has 5 rings (SSSR count). The van der Waals surface area contributed by atoms with Crippen LogP contribution in [-0.4, -0.2) is 80.9 Å². The minimum Gasteiger partial charge on any atom is -0.493 e. The molecule has 0 saturated carbocycles. The summed E-state index contributed by atoms with van der Waals surface area (Å²) >= 11 is 0. The van der Waals surface area contributed by atoms with Crippen molar-refractivity contribution in [2.24, 2.45) is 5.92 Å². The molecule has 0 unspecified atom stereocenters. The number of aryl methyl sites for hydroxylation is 2. The molecule has 0 fully saturated rings. The second kappa shape index (κ2) is 14.3. The van der Waals surface area contributed by atoms with Crippen molar-refractivity contribution in [3.8, 4) is 22.8 Å². The zero-order valence-corrected chi connectivity index (χ0v) is 26.8. The van der Waals surface area contributed by atoms with Crippen LogP contribution in [0.2, 0.25) is 0 Å². The molecule has 2 aromatic carbocycles. The van der Waals surface area contributed by atoms with Crippen molar-refractivity contribution < 1.29 is 23.9 Å². The van der Waals surface area contributed by atoms with Gasteiger partial charge >= 0.3 is 0 Å². The number of nitrogens with one attached hydrogen (secondary N) is 3. The molecule has 2 aromatic heterocycles. The first kappa shape index (κ1) is 32.2. The third kappa shape index (κ3) is 7.53. The molecule has 13 heteroatoms. The van der Waals surface area contributed by atoms with Crippen molar-refractivity contribution in [1.29, 1.82) is 0 Å².